The number of aromatic nitrogens is 2. The van der Waals surface area contributed by atoms with E-state index in [2.05, 4.69) is 14.9 Å². The lowest BCUT2D eigenvalue weighted by molar-refractivity contribution is 0.394. The second-order valence-electron chi connectivity index (χ2n) is 5.11. The van der Waals surface area contributed by atoms with Crippen molar-refractivity contribution in [1.82, 2.24) is 14.9 Å². The molecular formula is C15H15N3O3S2. The summed E-state index contributed by atoms with van der Waals surface area (Å²) >= 11 is 1.13. The first-order valence-corrected chi connectivity index (χ1v) is 9.25. The quantitative estimate of drug-likeness (QED) is 0.765. The summed E-state index contributed by atoms with van der Waals surface area (Å²) in [5, 5.41) is 5.49. The van der Waals surface area contributed by atoms with Crippen LogP contribution in [-0.4, -0.2) is 18.6 Å². The van der Waals surface area contributed by atoms with Gasteiger partial charge in [0.15, 0.2) is 0 Å². The lowest BCUT2D eigenvalue weighted by Crippen LogP contribution is -2.22. The molecule has 0 amide bonds. The van der Waals surface area contributed by atoms with E-state index in [0.717, 1.165) is 22.5 Å². The molecule has 0 spiro atoms. The average molecular weight is 349 g/mol. The first kappa shape index (κ1) is 15.9. The summed E-state index contributed by atoms with van der Waals surface area (Å²) in [5.41, 5.74) is 2.63. The summed E-state index contributed by atoms with van der Waals surface area (Å²) < 4.78 is 32.5. The minimum absolute atomic E-state index is 0.225. The zero-order valence-corrected chi connectivity index (χ0v) is 14.2. The van der Waals surface area contributed by atoms with Crippen LogP contribution >= 0.6 is 11.3 Å². The molecule has 120 valence electrons. The summed E-state index contributed by atoms with van der Waals surface area (Å²) in [5.74, 6) is 0.826. The fourth-order valence-electron chi connectivity index (χ4n) is 2.06. The molecule has 3 aromatic rings. The molecule has 0 aliphatic heterocycles. The Kier molecular flexibility index (Phi) is 4.29. The third kappa shape index (κ3) is 3.66. The minimum atomic E-state index is -3.57. The summed E-state index contributed by atoms with van der Waals surface area (Å²) in [6.07, 6.45) is 0. The Balaban J connectivity index is 1.76. The van der Waals surface area contributed by atoms with Crippen LogP contribution in [-0.2, 0) is 16.6 Å². The predicted molar refractivity (Wildman–Crippen MR) is 87.6 cm³/mol. The SMILES string of the molecule is Cc1cccc(CNS(=O)(=O)c2cc(-c3noc(C)n3)cs2)c1. The third-order valence-corrected chi connectivity index (χ3v) is 6.02. The highest BCUT2D eigenvalue weighted by molar-refractivity contribution is 7.91. The summed E-state index contributed by atoms with van der Waals surface area (Å²) in [4.78, 5) is 4.09. The van der Waals surface area contributed by atoms with Gasteiger partial charge in [-0.2, -0.15) is 4.98 Å². The molecular weight excluding hydrogens is 334 g/mol. The van der Waals surface area contributed by atoms with Crippen molar-refractivity contribution in [3.63, 3.8) is 0 Å². The Hall–Kier alpha value is -2.03. The van der Waals surface area contributed by atoms with E-state index in [1.807, 2.05) is 31.2 Å². The molecule has 2 heterocycles. The van der Waals surface area contributed by atoms with E-state index in [4.69, 9.17) is 4.52 Å². The molecule has 0 bridgehead atoms. The normalized spacial score (nSPS) is 11.7. The maximum Gasteiger partial charge on any atom is 0.250 e. The van der Waals surface area contributed by atoms with Gasteiger partial charge in [0.25, 0.3) is 0 Å². The number of thiophene rings is 1. The molecule has 0 atom stereocenters. The number of hydrogen-bond donors (Lipinski definition) is 1. The Morgan fingerprint density at radius 3 is 2.78 bits per heavy atom. The molecule has 0 saturated heterocycles. The Morgan fingerprint density at radius 2 is 2.09 bits per heavy atom. The maximum atomic E-state index is 12.4. The van der Waals surface area contributed by atoms with Gasteiger partial charge in [0.2, 0.25) is 21.7 Å². The number of nitrogens with one attached hydrogen (secondary N) is 1. The van der Waals surface area contributed by atoms with Crippen LogP contribution < -0.4 is 4.72 Å². The van der Waals surface area contributed by atoms with Crippen molar-refractivity contribution in [2.75, 3.05) is 0 Å². The van der Waals surface area contributed by atoms with Gasteiger partial charge < -0.3 is 4.52 Å². The van der Waals surface area contributed by atoms with Gasteiger partial charge in [-0.15, -0.1) is 11.3 Å². The fraction of sp³-hybridized carbons (Fsp3) is 0.200. The molecule has 1 N–H and O–H groups in total. The molecule has 6 nitrogen and oxygen atoms in total. The number of rotatable bonds is 5. The molecule has 8 heteroatoms. The second-order valence-corrected chi connectivity index (χ2v) is 8.01. The van der Waals surface area contributed by atoms with E-state index in [-0.39, 0.29) is 10.8 Å². The highest BCUT2D eigenvalue weighted by Crippen LogP contribution is 2.26. The third-order valence-electron chi connectivity index (χ3n) is 3.17. The van der Waals surface area contributed by atoms with Crippen LogP contribution in [0.15, 0.2) is 44.4 Å². The van der Waals surface area contributed by atoms with Gasteiger partial charge >= 0.3 is 0 Å². The Morgan fingerprint density at radius 1 is 1.26 bits per heavy atom. The van der Waals surface area contributed by atoms with Gasteiger partial charge in [0, 0.05) is 24.4 Å². The topological polar surface area (TPSA) is 85.1 Å². The summed E-state index contributed by atoms with van der Waals surface area (Å²) in [6.45, 7) is 3.90. The van der Waals surface area contributed by atoms with E-state index < -0.39 is 10.0 Å². The second kappa shape index (κ2) is 6.23. The average Bonchev–Trinajstić information content (AvgIpc) is 3.14. The van der Waals surface area contributed by atoms with Gasteiger partial charge in [-0.25, -0.2) is 13.1 Å². The van der Waals surface area contributed by atoms with E-state index in [0.29, 0.717) is 17.3 Å². The number of hydrogen-bond acceptors (Lipinski definition) is 6. The van der Waals surface area contributed by atoms with Crippen LogP contribution in [0.5, 0.6) is 0 Å². The highest BCUT2D eigenvalue weighted by Gasteiger charge is 2.18. The molecule has 0 unspecified atom stereocenters. The van der Waals surface area contributed by atoms with Gasteiger partial charge in [0.05, 0.1) is 0 Å². The molecule has 1 aromatic carbocycles. The molecule has 0 radical (unpaired) electrons. The largest absolute Gasteiger partial charge is 0.339 e. The fourth-order valence-corrected chi connectivity index (χ4v) is 4.28. The number of benzene rings is 1. The van der Waals surface area contributed by atoms with Gasteiger partial charge in [-0.3, -0.25) is 0 Å². The van der Waals surface area contributed by atoms with E-state index >= 15 is 0 Å². The van der Waals surface area contributed by atoms with Crippen molar-refractivity contribution >= 4 is 21.4 Å². The molecule has 23 heavy (non-hydrogen) atoms. The van der Waals surface area contributed by atoms with E-state index in [9.17, 15) is 8.42 Å². The predicted octanol–water partition coefficient (Wildman–Crippen LogP) is 2.89. The number of nitrogens with zero attached hydrogens (tertiary/aromatic N) is 2. The molecule has 0 saturated carbocycles. The van der Waals surface area contributed by atoms with Crippen LogP contribution in [0.3, 0.4) is 0 Å². The zero-order valence-electron chi connectivity index (χ0n) is 12.6. The van der Waals surface area contributed by atoms with Crippen molar-refractivity contribution in [3.05, 3.63) is 52.7 Å². The number of sulfonamides is 1. The van der Waals surface area contributed by atoms with Crippen molar-refractivity contribution in [3.8, 4) is 11.4 Å². The molecule has 3 rings (SSSR count). The Bertz CT molecular complexity index is 929. The van der Waals surface area contributed by atoms with Crippen molar-refractivity contribution in [1.29, 1.82) is 0 Å². The standard InChI is InChI=1S/C15H15N3O3S2/c1-10-4-3-5-12(6-10)8-16-23(19,20)14-7-13(9-22-14)15-17-11(2)21-18-15/h3-7,9,16H,8H2,1-2H3. The summed E-state index contributed by atoms with van der Waals surface area (Å²) in [7, 11) is -3.57. The van der Waals surface area contributed by atoms with Gasteiger partial charge in [-0.1, -0.05) is 35.0 Å². The lowest BCUT2D eigenvalue weighted by Gasteiger charge is -2.05. The molecule has 0 fully saturated rings. The number of aryl methyl sites for hydroxylation is 2. The van der Waals surface area contributed by atoms with Crippen LogP contribution in [0.4, 0.5) is 0 Å². The minimum Gasteiger partial charge on any atom is -0.339 e. The summed E-state index contributed by atoms with van der Waals surface area (Å²) in [6, 6.07) is 9.26. The maximum absolute atomic E-state index is 12.4. The van der Waals surface area contributed by atoms with E-state index in [1.54, 1.807) is 18.4 Å². The molecule has 0 aliphatic carbocycles. The Labute approximate surface area is 138 Å². The van der Waals surface area contributed by atoms with E-state index in [1.165, 1.54) is 0 Å². The van der Waals surface area contributed by atoms with Crippen LogP contribution in [0.2, 0.25) is 0 Å². The van der Waals surface area contributed by atoms with Crippen molar-refractivity contribution < 1.29 is 12.9 Å². The van der Waals surface area contributed by atoms with Gasteiger partial charge in [-0.05, 0) is 18.6 Å². The monoisotopic (exact) mass is 349 g/mol. The lowest BCUT2D eigenvalue weighted by atomic mass is 10.1. The smallest absolute Gasteiger partial charge is 0.250 e. The van der Waals surface area contributed by atoms with Crippen molar-refractivity contribution in [2.45, 2.75) is 24.6 Å². The van der Waals surface area contributed by atoms with Crippen LogP contribution in [0.25, 0.3) is 11.4 Å². The van der Waals surface area contributed by atoms with Crippen LogP contribution in [0, 0.1) is 13.8 Å². The molecule has 0 aliphatic rings. The highest BCUT2D eigenvalue weighted by atomic mass is 32.2. The zero-order chi connectivity index (χ0) is 16.4. The first-order valence-electron chi connectivity index (χ1n) is 6.88. The first-order chi connectivity index (χ1) is 10.9. The van der Waals surface area contributed by atoms with Crippen LogP contribution in [0.1, 0.15) is 17.0 Å². The van der Waals surface area contributed by atoms with Crippen molar-refractivity contribution in [2.24, 2.45) is 0 Å². The van der Waals surface area contributed by atoms with Gasteiger partial charge in [0.1, 0.15) is 4.21 Å². The molecule has 2 aromatic heterocycles.